The van der Waals surface area contributed by atoms with Gasteiger partial charge >= 0.3 is 0 Å². The Hall–Kier alpha value is -4.94. The van der Waals surface area contributed by atoms with E-state index in [2.05, 4.69) is 25.9 Å². The Labute approximate surface area is 261 Å². The first-order valence-electron chi connectivity index (χ1n) is 14.9. The lowest BCUT2D eigenvalue weighted by Gasteiger charge is -2.23. The molecule has 2 aliphatic rings. The van der Waals surface area contributed by atoms with Gasteiger partial charge in [0.1, 0.15) is 6.04 Å². The Bertz CT molecular complexity index is 1530. The van der Waals surface area contributed by atoms with Crippen molar-refractivity contribution in [2.75, 3.05) is 26.7 Å². The number of hydrogen-bond donors (Lipinski definition) is 4. The van der Waals surface area contributed by atoms with Crippen LogP contribution in [0.1, 0.15) is 59.9 Å². The molecule has 45 heavy (non-hydrogen) atoms. The minimum atomic E-state index is -0.768. The van der Waals surface area contributed by atoms with Crippen molar-refractivity contribution in [2.45, 2.75) is 58.5 Å². The molecule has 0 fully saturated rings. The number of halogens is 1. The molecule has 12 nitrogen and oxygen atoms in total. The second-order valence-corrected chi connectivity index (χ2v) is 10.7. The van der Waals surface area contributed by atoms with Crippen molar-refractivity contribution >= 4 is 23.6 Å². The quantitative estimate of drug-likeness (QED) is 0.349. The smallest absolute Gasteiger partial charge is 0.251 e. The molecule has 3 heterocycles. The van der Waals surface area contributed by atoms with E-state index in [4.69, 9.17) is 9.47 Å². The predicted octanol–water partition coefficient (Wildman–Crippen LogP) is 3.15. The van der Waals surface area contributed by atoms with E-state index >= 15 is 4.39 Å². The summed E-state index contributed by atoms with van der Waals surface area (Å²) in [6.45, 7) is 4.59. The molecule has 1 atom stereocenters. The van der Waals surface area contributed by atoms with E-state index in [0.29, 0.717) is 49.4 Å². The summed E-state index contributed by atoms with van der Waals surface area (Å²) in [6.07, 6.45) is 2.94. The molecular weight excluding hydrogens is 583 g/mol. The van der Waals surface area contributed by atoms with E-state index in [1.807, 2.05) is 6.92 Å². The van der Waals surface area contributed by atoms with Crippen LogP contribution in [0.15, 0.2) is 42.7 Å². The minimum Gasteiger partial charge on any atom is -0.493 e. The number of nitrogens with one attached hydrogen (secondary N) is 4. The highest BCUT2D eigenvalue weighted by atomic mass is 19.1. The summed E-state index contributed by atoms with van der Waals surface area (Å²) in [5.74, 6) is -1.54. The van der Waals surface area contributed by atoms with Gasteiger partial charge in [-0.2, -0.15) is 0 Å². The lowest BCUT2D eigenvalue weighted by Crippen LogP contribution is -2.46. The summed E-state index contributed by atoms with van der Waals surface area (Å²) >= 11 is 0. The molecule has 240 valence electrons. The maximum absolute atomic E-state index is 15.0. The summed E-state index contributed by atoms with van der Waals surface area (Å²) in [5, 5.41) is 8.34. The monoisotopic (exact) mass is 622 g/mol. The SMILES string of the molecule is CC[C@@H]1NC(=O)CCCN(C(=O)Cc2nc[nH]c2C)CCCNC(=O)c2ccc(OC)c(c2)Oc2ccc(cc2F)CNC1=O. The molecular formula is C32H39FN6O6. The zero-order valence-corrected chi connectivity index (χ0v) is 25.7. The number of rotatable bonds is 4. The number of aryl methyl sites for hydroxylation is 1. The van der Waals surface area contributed by atoms with Crippen LogP contribution in [0.25, 0.3) is 0 Å². The molecule has 0 saturated heterocycles. The lowest BCUT2D eigenvalue weighted by atomic mass is 10.1. The molecule has 4 N–H and O–H groups in total. The molecule has 1 aromatic heterocycles. The van der Waals surface area contributed by atoms with Gasteiger partial charge in [0.2, 0.25) is 17.7 Å². The Morgan fingerprint density at radius 2 is 1.89 bits per heavy atom. The van der Waals surface area contributed by atoms with Gasteiger partial charge in [-0.05, 0) is 62.1 Å². The van der Waals surface area contributed by atoms with Crippen molar-refractivity contribution in [1.82, 2.24) is 30.8 Å². The molecule has 0 aliphatic carbocycles. The zero-order chi connectivity index (χ0) is 32.3. The highest BCUT2D eigenvalue weighted by molar-refractivity contribution is 5.95. The van der Waals surface area contributed by atoms with Crippen molar-refractivity contribution < 1.29 is 33.0 Å². The van der Waals surface area contributed by atoms with Crippen molar-refractivity contribution in [2.24, 2.45) is 0 Å². The number of H-pyrrole nitrogens is 1. The highest BCUT2D eigenvalue weighted by Gasteiger charge is 2.21. The van der Waals surface area contributed by atoms with E-state index in [9.17, 15) is 19.2 Å². The topological polar surface area (TPSA) is 155 Å². The fraction of sp³-hybridized carbons (Fsp3) is 0.406. The van der Waals surface area contributed by atoms with Crippen LogP contribution in [0, 0.1) is 12.7 Å². The van der Waals surface area contributed by atoms with Gasteiger partial charge in [0.15, 0.2) is 23.1 Å². The maximum atomic E-state index is 15.0. The first-order chi connectivity index (χ1) is 21.7. The van der Waals surface area contributed by atoms with Crippen LogP contribution in [-0.4, -0.2) is 71.3 Å². The van der Waals surface area contributed by atoms with Gasteiger partial charge in [0, 0.05) is 43.9 Å². The summed E-state index contributed by atoms with van der Waals surface area (Å²) < 4.78 is 26.2. The number of carbonyl (C=O) groups is 4. The molecule has 0 spiro atoms. The van der Waals surface area contributed by atoms with Crippen molar-refractivity contribution in [3.63, 3.8) is 0 Å². The molecule has 3 aromatic rings. The normalized spacial score (nSPS) is 17.1. The molecule has 0 unspecified atom stereocenters. The van der Waals surface area contributed by atoms with E-state index < -0.39 is 17.8 Å². The molecule has 0 saturated carbocycles. The summed E-state index contributed by atoms with van der Waals surface area (Å²) in [7, 11) is 1.44. The second kappa shape index (κ2) is 15.7. The summed E-state index contributed by atoms with van der Waals surface area (Å²) in [4.78, 5) is 60.6. The van der Waals surface area contributed by atoms with E-state index in [1.165, 1.54) is 31.6 Å². The van der Waals surface area contributed by atoms with Crippen LogP contribution in [0.5, 0.6) is 17.2 Å². The van der Waals surface area contributed by atoms with Crippen molar-refractivity contribution in [3.05, 3.63) is 71.1 Å². The molecule has 2 aliphatic heterocycles. The summed E-state index contributed by atoms with van der Waals surface area (Å²) in [6, 6.07) is 8.11. The fourth-order valence-corrected chi connectivity index (χ4v) is 4.87. The molecule has 0 radical (unpaired) electrons. The number of nitrogens with zero attached hydrogens (tertiary/aromatic N) is 2. The highest BCUT2D eigenvalue weighted by Crippen LogP contribution is 2.34. The second-order valence-electron chi connectivity index (χ2n) is 10.7. The van der Waals surface area contributed by atoms with Crippen LogP contribution < -0.4 is 25.4 Å². The predicted molar refractivity (Wildman–Crippen MR) is 163 cm³/mol. The van der Waals surface area contributed by atoms with Crippen molar-refractivity contribution in [3.8, 4) is 17.2 Å². The van der Waals surface area contributed by atoms with Crippen LogP contribution >= 0.6 is 0 Å². The first kappa shape index (κ1) is 33.0. The number of imidazole rings is 1. The van der Waals surface area contributed by atoms with Gasteiger partial charge in [0.25, 0.3) is 5.91 Å². The molecule has 13 heteroatoms. The van der Waals surface area contributed by atoms with Crippen molar-refractivity contribution in [1.29, 1.82) is 0 Å². The Morgan fingerprint density at radius 3 is 2.60 bits per heavy atom. The number of ether oxygens (including phenoxy) is 2. The zero-order valence-electron chi connectivity index (χ0n) is 25.7. The van der Waals surface area contributed by atoms with Gasteiger partial charge in [-0.3, -0.25) is 19.2 Å². The van der Waals surface area contributed by atoms with Crippen LogP contribution in [0.2, 0.25) is 0 Å². The lowest BCUT2D eigenvalue weighted by molar-refractivity contribution is -0.131. The molecule has 5 rings (SSSR count). The third-order valence-corrected chi connectivity index (χ3v) is 7.50. The standard InChI is InChI=1S/C32H39FN6O6/c1-4-24-32(43)35-18-21-8-10-26(23(33)15-21)45-28-16-22(9-11-27(28)44-3)31(42)34-12-6-14-39(13-5-7-29(40)38-24)30(41)17-25-20(2)36-19-37-25/h8-11,15-16,19,24H,4-7,12-14,17-18H2,1-3H3,(H,34,42)(H,35,43)(H,36,37)(H,38,40)/t24-/m0/s1. The van der Waals surface area contributed by atoms with E-state index in [1.54, 1.807) is 30.0 Å². The van der Waals surface area contributed by atoms with Crippen LogP contribution in [-0.2, 0) is 27.3 Å². The van der Waals surface area contributed by atoms with E-state index in [-0.39, 0.29) is 60.7 Å². The molecule has 4 bridgehead atoms. The van der Waals surface area contributed by atoms with Gasteiger partial charge < -0.3 is 35.3 Å². The Kier molecular flexibility index (Phi) is 11.5. The van der Waals surface area contributed by atoms with Crippen LogP contribution in [0.4, 0.5) is 4.39 Å². The van der Waals surface area contributed by atoms with Gasteiger partial charge in [-0.1, -0.05) is 13.0 Å². The fourth-order valence-electron chi connectivity index (χ4n) is 4.87. The number of aromatic amines is 1. The van der Waals surface area contributed by atoms with E-state index in [0.717, 1.165) is 5.69 Å². The maximum Gasteiger partial charge on any atom is 0.251 e. The largest absolute Gasteiger partial charge is 0.493 e. The Balaban J connectivity index is 1.54. The number of amides is 4. The number of carbonyl (C=O) groups excluding carboxylic acids is 4. The third-order valence-electron chi connectivity index (χ3n) is 7.50. The first-order valence-corrected chi connectivity index (χ1v) is 14.9. The molecule has 2 aromatic carbocycles. The summed E-state index contributed by atoms with van der Waals surface area (Å²) in [5.41, 5.74) is 2.21. The van der Waals surface area contributed by atoms with Gasteiger partial charge in [-0.25, -0.2) is 9.37 Å². The Morgan fingerprint density at radius 1 is 1.09 bits per heavy atom. The number of fused-ring (bicyclic) bond motifs is 16. The van der Waals surface area contributed by atoms with Gasteiger partial charge in [0.05, 0.1) is 25.6 Å². The number of aromatic nitrogens is 2. The van der Waals surface area contributed by atoms with Gasteiger partial charge in [-0.15, -0.1) is 0 Å². The number of benzene rings is 2. The third kappa shape index (κ3) is 9.03. The average Bonchev–Trinajstić information content (AvgIpc) is 3.43. The molecule has 4 amide bonds. The number of hydrogen-bond acceptors (Lipinski definition) is 7. The number of methoxy groups -OCH3 is 1. The van der Waals surface area contributed by atoms with Crippen LogP contribution in [0.3, 0.4) is 0 Å². The minimum absolute atomic E-state index is 0.0356. The average molecular weight is 623 g/mol.